The highest BCUT2D eigenvalue weighted by atomic mass is 16.5. The van der Waals surface area contributed by atoms with E-state index in [2.05, 4.69) is 33.4 Å². The Balaban J connectivity index is 1.59. The molecule has 1 aliphatic heterocycles. The molecule has 1 aliphatic rings. The normalized spacial score (nSPS) is 12.7. The highest BCUT2D eigenvalue weighted by Gasteiger charge is 2.18. The lowest BCUT2D eigenvalue weighted by atomic mass is 10.0. The minimum absolute atomic E-state index is 0.470. The maximum absolute atomic E-state index is 5.88. The lowest BCUT2D eigenvalue weighted by Crippen LogP contribution is -2.08. The van der Waals surface area contributed by atoms with Crippen LogP contribution in [0.5, 0.6) is 5.75 Å². The number of ether oxygens (including phenoxy) is 1. The molecule has 4 rings (SSSR count). The van der Waals surface area contributed by atoms with E-state index in [4.69, 9.17) is 4.74 Å². The highest BCUT2D eigenvalue weighted by molar-refractivity contribution is 5.51. The molecule has 1 N–H and O–H groups in total. The lowest BCUT2D eigenvalue weighted by molar-refractivity contribution is 0.302. The summed E-state index contributed by atoms with van der Waals surface area (Å²) in [5.74, 6) is 1.79. The number of hydrogen-bond acceptors (Lipinski definition) is 5. The quantitative estimate of drug-likeness (QED) is 0.800. The molecule has 24 heavy (non-hydrogen) atoms. The second-order valence-corrected chi connectivity index (χ2v) is 5.78. The Morgan fingerprint density at radius 3 is 3.04 bits per heavy atom. The Labute approximate surface area is 140 Å². The zero-order chi connectivity index (χ0) is 16.4. The van der Waals surface area contributed by atoms with Crippen molar-refractivity contribution >= 4 is 5.82 Å². The highest BCUT2D eigenvalue weighted by Crippen LogP contribution is 2.30. The number of anilines is 1. The van der Waals surface area contributed by atoms with E-state index in [9.17, 15) is 0 Å². The summed E-state index contributed by atoms with van der Waals surface area (Å²) in [6, 6.07) is 8.11. The van der Waals surface area contributed by atoms with Gasteiger partial charge in [0.15, 0.2) is 0 Å². The van der Waals surface area contributed by atoms with Gasteiger partial charge in [-0.3, -0.25) is 4.68 Å². The average Bonchev–Trinajstić information content (AvgIpc) is 2.99. The summed E-state index contributed by atoms with van der Waals surface area (Å²) in [6.07, 6.45) is 6.29. The van der Waals surface area contributed by atoms with Crippen LogP contribution in [0, 0.1) is 0 Å². The first kappa shape index (κ1) is 14.7. The number of benzene rings is 1. The third-order valence-electron chi connectivity index (χ3n) is 4.21. The van der Waals surface area contributed by atoms with Crippen LogP contribution >= 0.6 is 0 Å². The number of hydrogen-bond donors (Lipinski definition) is 1. The molecular formula is C18H19N5O. The van der Waals surface area contributed by atoms with Crippen molar-refractivity contribution in [1.29, 1.82) is 0 Å². The molecule has 0 fully saturated rings. The molecule has 0 unspecified atom stereocenters. The van der Waals surface area contributed by atoms with Gasteiger partial charge in [-0.2, -0.15) is 5.10 Å². The predicted molar refractivity (Wildman–Crippen MR) is 90.8 cm³/mol. The average molecular weight is 321 g/mol. The minimum atomic E-state index is 0.470. The van der Waals surface area contributed by atoms with E-state index in [0.717, 1.165) is 46.9 Å². The van der Waals surface area contributed by atoms with Gasteiger partial charge in [0, 0.05) is 36.8 Å². The largest absolute Gasteiger partial charge is 0.487 e. The summed E-state index contributed by atoms with van der Waals surface area (Å²) in [7, 11) is 0. The maximum atomic E-state index is 5.88. The van der Waals surface area contributed by atoms with Gasteiger partial charge in [0.2, 0.25) is 0 Å². The third kappa shape index (κ3) is 2.82. The first-order chi connectivity index (χ1) is 11.8. The zero-order valence-corrected chi connectivity index (χ0v) is 13.6. The van der Waals surface area contributed by atoms with E-state index in [1.807, 2.05) is 35.3 Å². The Bertz CT molecular complexity index is 858. The molecule has 0 spiro atoms. The third-order valence-corrected chi connectivity index (χ3v) is 4.21. The molecule has 0 aliphatic carbocycles. The number of fused-ring (bicyclic) bond motifs is 2. The standard InChI is InChI=1S/C18H19N5O/c1-2-23-10-13(9-22-23)8-19-18-15-7-14-5-3-4-6-17(14)24-11-16(15)20-12-21-18/h3-6,9-10,12H,2,7-8,11H2,1H3,(H,19,20,21). The van der Waals surface area contributed by atoms with Crippen molar-refractivity contribution < 1.29 is 4.74 Å². The van der Waals surface area contributed by atoms with Crippen molar-refractivity contribution in [1.82, 2.24) is 19.7 Å². The van der Waals surface area contributed by atoms with Crippen LogP contribution in [-0.2, 0) is 26.1 Å². The van der Waals surface area contributed by atoms with Gasteiger partial charge in [-0.15, -0.1) is 0 Å². The molecule has 3 aromatic rings. The van der Waals surface area contributed by atoms with Crippen molar-refractivity contribution in [3.63, 3.8) is 0 Å². The monoisotopic (exact) mass is 321 g/mol. The molecule has 0 radical (unpaired) electrons. The SMILES string of the molecule is CCn1cc(CNc2ncnc3c2Cc2ccccc2OC3)cn1. The van der Waals surface area contributed by atoms with E-state index in [1.54, 1.807) is 6.33 Å². The Hall–Kier alpha value is -2.89. The van der Waals surface area contributed by atoms with Gasteiger partial charge in [0.05, 0.1) is 11.9 Å². The van der Waals surface area contributed by atoms with Crippen molar-refractivity contribution in [3.8, 4) is 5.75 Å². The van der Waals surface area contributed by atoms with Crippen LogP contribution < -0.4 is 10.1 Å². The molecule has 2 aromatic heterocycles. The summed E-state index contributed by atoms with van der Waals surface area (Å²) < 4.78 is 7.80. The number of rotatable bonds is 4. The summed E-state index contributed by atoms with van der Waals surface area (Å²) in [6.45, 7) is 4.10. The Morgan fingerprint density at radius 2 is 2.17 bits per heavy atom. The minimum Gasteiger partial charge on any atom is -0.487 e. The molecule has 3 heterocycles. The molecule has 0 bridgehead atoms. The van der Waals surface area contributed by atoms with Gasteiger partial charge in [-0.05, 0) is 18.6 Å². The van der Waals surface area contributed by atoms with Crippen LogP contribution in [0.4, 0.5) is 5.82 Å². The number of aromatic nitrogens is 4. The van der Waals surface area contributed by atoms with Crippen LogP contribution in [0.3, 0.4) is 0 Å². The van der Waals surface area contributed by atoms with Crippen molar-refractivity contribution in [2.75, 3.05) is 5.32 Å². The van der Waals surface area contributed by atoms with Crippen molar-refractivity contribution in [2.45, 2.75) is 33.0 Å². The van der Waals surface area contributed by atoms with E-state index in [-0.39, 0.29) is 0 Å². The number of para-hydroxylation sites is 1. The number of nitrogens with one attached hydrogen (secondary N) is 1. The first-order valence-electron chi connectivity index (χ1n) is 8.12. The molecular weight excluding hydrogens is 302 g/mol. The molecule has 0 saturated heterocycles. The van der Waals surface area contributed by atoms with Crippen molar-refractivity contribution in [2.24, 2.45) is 0 Å². The molecule has 0 atom stereocenters. The molecule has 6 heteroatoms. The Kier molecular flexibility index (Phi) is 3.86. The fourth-order valence-electron chi connectivity index (χ4n) is 2.89. The Morgan fingerprint density at radius 1 is 1.25 bits per heavy atom. The second kappa shape index (κ2) is 6.31. The topological polar surface area (TPSA) is 64.9 Å². The molecule has 122 valence electrons. The van der Waals surface area contributed by atoms with Crippen LogP contribution in [0.15, 0.2) is 43.0 Å². The van der Waals surface area contributed by atoms with Crippen LogP contribution in [-0.4, -0.2) is 19.7 Å². The molecule has 0 saturated carbocycles. The summed E-state index contributed by atoms with van der Waals surface area (Å²) in [5, 5.41) is 7.73. The predicted octanol–water partition coefficient (Wildman–Crippen LogP) is 2.79. The van der Waals surface area contributed by atoms with E-state index in [1.165, 1.54) is 0 Å². The van der Waals surface area contributed by atoms with E-state index in [0.29, 0.717) is 13.2 Å². The van der Waals surface area contributed by atoms with Gasteiger partial charge in [-0.25, -0.2) is 9.97 Å². The van der Waals surface area contributed by atoms with Gasteiger partial charge < -0.3 is 10.1 Å². The number of aryl methyl sites for hydroxylation is 1. The van der Waals surface area contributed by atoms with Crippen LogP contribution in [0.25, 0.3) is 0 Å². The number of nitrogens with zero attached hydrogens (tertiary/aromatic N) is 4. The van der Waals surface area contributed by atoms with E-state index < -0.39 is 0 Å². The van der Waals surface area contributed by atoms with Crippen LogP contribution in [0.1, 0.15) is 29.3 Å². The zero-order valence-electron chi connectivity index (χ0n) is 13.6. The smallest absolute Gasteiger partial charge is 0.133 e. The van der Waals surface area contributed by atoms with Gasteiger partial charge in [-0.1, -0.05) is 18.2 Å². The fraction of sp³-hybridized carbons (Fsp3) is 0.278. The van der Waals surface area contributed by atoms with Crippen LogP contribution in [0.2, 0.25) is 0 Å². The van der Waals surface area contributed by atoms with Crippen molar-refractivity contribution in [3.05, 3.63) is 65.4 Å². The second-order valence-electron chi connectivity index (χ2n) is 5.78. The molecule has 6 nitrogen and oxygen atoms in total. The summed E-state index contributed by atoms with van der Waals surface area (Å²) in [5.41, 5.74) is 4.33. The first-order valence-corrected chi connectivity index (χ1v) is 8.12. The molecule has 0 amide bonds. The lowest BCUT2D eigenvalue weighted by Gasteiger charge is -2.11. The summed E-state index contributed by atoms with van der Waals surface area (Å²) >= 11 is 0. The van der Waals surface area contributed by atoms with Gasteiger partial charge in [0.25, 0.3) is 0 Å². The summed E-state index contributed by atoms with van der Waals surface area (Å²) in [4.78, 5) is 8.85. The molecule has 1 aromatic carbocycles. The van der Waals surface area contributed by atoms with Gasteiger partial charge >= 0.3 is 0 Å². The fourth-order valence-corrected chi connectivity index (χ4v) is 2.89. The maximum Gasteiger partial charge on any atom is 0.133 e. The van der Waals surface area contributed by atoms with Gasteiger partial charge in [0.1, 0.15) is 24.5 Å². The van der Waals surface area contributed by atoms with E-state index >= 15 is 0 Å².